The van der Waals surface area contributed by atoms with Gasteiger partial charge in [-0.25, -0.2) is 8.42 Å². The predicted octanol–water partition coefficient (Wildman–Crippen LogP) is -1.26. The predicted molar refractivity (Wildman–Crippen MR) is 41.8 cm³/mol. The average Bonchev–Trinajstić information content (AvgIpc) is 2.07. The first-order valence-electron chi connectivity index (χ1n) is 3.62. The molecule has 4 nitrogen and oxygen atoms in total. The van der Waals surface area contributed by atoms with Crippen LogP contribution in [0, 0.1) is 5.92 Å². The van der Waals surface area contributed by atoms with Gasteiger partial charge in [0.25, 0.3) is 0 Å². The highest BCUT2D eigenvalue weighted by Gasteiger charge is 2.34. The number of hydrogen-bond donors (Lipinski definition) is 2. The van der Waals surface area contributed by atoms with Gasteiger partial charge in [-0.05, 0) is 12.3 Å². The van der Waals surface area contributed by atoms with Crippen molar-refractivity contribution in [1.29, 1.82) is 0 Å². The zero-order chi connectivity index (χ0) is 8.48. The lowest BCUT2D eigenvalue weighted by Gasteiger charge is -2.09. The maximum atomic E-state index is 11.0. The third-order valence-corrected chi connectivity index (χ3v) is 3.85. The van der Waals surface area contributed by atoms with E-state index in [2.05, 4.69) is 0 Å². The van der Waals surface area contributed by atoms with E-state index < -0.39 is 9.84 Å². The molecule has 0 aromatic heterocycles. The molecule has 0 aromatic carbocycles. The lowest BCUT2D eigenvalue weighted by Crippen LogP contribution is -2.29. The molecule has 3 N–H and O–H groups in total. The Kier molecular flexibility index (Phi) is 2.51. The first kappa shape index (κ1) is 8.96. The van der Waals surface area contributed by atoms with Crippen molar-refractivity contribution in [2.45, 2.75) is 12.5 Å². The first-order valence-corrected chi connectivity index (χ1v) is 5.44. The van der Waals surface area contributed by atoms with Crippen molar-refractivity contribution in [3.63, 3.8) is 0 Å². The normalized spacial score (nSPS) is 35.8. The second-order valence-electron chi connectivity index (χ2n) is 3.01. The lowest BCUT2D eigenvalue weighted by molar-refractivity contribution is 0.257. The molecule has 5 heteroatoms. The number of aliphatic hydroxyl groups excluding tert-OH is 1. The highest BCUT2D eigenvalue weighted by molar-refractivity contribution is 7.91. The molecule has 0 radical (unpaired) electrons. The Morgan fingerprint density at radius 1 is 1.45 bits per heavy atom. The van der Waals surface area contributed by atoms with Gasteiger partial charge < -0.3 is 10.8 Å². The van der Waals surface area contributed by atoms with Gasteiger partial charge in [0.1, 0.15) is 0 Å². The zero-order valence-corrected chi connectivity index (χ0v) is 7.05. The van der Waals surface area contributed by atoms with Gasteiger partial charge in [-0.2, -0.15) is 0 Å². The second kappa shape index (κ2) is 3.08. The fourth-order valence-corrected chi connectivity index (χ4v) is 3.47. The molecule has 1 aliphatic rings. The molecule has 0 aromatic rings. The zero-order valence-electron chi connectivity index (χ0n) is 6.23. The summed E-state index contributed by atoms with van der Waals surface area (Å²) in [5.74, 6) is 0.192. The SMILES string of the molecule is NC1CS(=O)(=O)CC1CCO. The van der Waals surface area contributed by atoms with Crippen LogP contribution in [-0.4, -0.2) is 37.7 Å². The summed E-state index contributed by atoms with van der Waals surface area (Å²) in [4.78, 5) is 0. The van der Waals surface area contributed by atoms with E-state index in [0.717, 1.165) is 0 Å². The van der Waals surface area contributed by atoms with E-state index in [1.807, 2.05) is 0 Å². The molecule has 0 bridgehead atoms. The van der Waals surface area contributed by atoms with Gasteiger partial charge in [0, 0.05) is 12.6 Å². The highest BCUT2D eigenvalue weighted by atomic mass is 32.2. The van der Waals surface area contributed by atoms with E-state index in [1.54, 1.807) is 0 Å². The number of aliphatic hydroxyl groups is 1. The Balaban J connectivity index is 2.59. The molecule has 1 fully saturated rings. The van der Waals surface area contributed by atoms with Gasteiger partial charge in [0.2, 0.25) is 0 Å². The first-order chi connectivity index (χ1) is 5.05. The van der Waals surface area contributed by atoms with Crippen LogP contribution in [0.4, 0.5) is 0 Å². The molecule has 11 heavy (non-hydrogen) atoms. The molecular weight excluding hydrogens is 166 g/mol. The van der Waals surface area contributed by atoms with Gasteiger partial charge in [0.15, 0.2) is 9.84 Å². The van der Waals surface area contributed by atoms with Gasteiger partial charge in [-0.1, -0.05) is 0 Å². The minimum Gasteiger partial charge on any atom is -0.396 e. The van der Waals surface area contributed by atoms with Crippen LogP contribution in [0.2, 0.25) is 0 Å². The van der Waals surface area contributed by atoms with Crippen LogP contribution < -0.4 is 5.73 Å². The Morgan fingerprint density at radius 2 is 2.09 bits per heavy atom. The maximum Gasteiger partial charge on any atom is 0.152 e. The third kappa shape index (κ3) is 2.15. The van der Waals surface area contributed by atoms with E-state index in [4.69, 9.17) is 10.8 Å². The Morgan fingerprint density at radius 3 is 2.45 bits per heavy atom. The summed E-state index contributed by atoms with van der Waals surface area (Å²) in [5, 5.41) is 8.56. The smallest absolute Gasteiger partial charge is 0.152 e. The molecule has 66 valence electrons. The second-order valence-corrected chi connectivity index (χ2v) is 5.17. The fraction of sp³-hybridized carbons (Fsp3) is 1.00. The molecular formula is C6H13NO3S. The summed E-state index contributed by atoms with van der Waals surface area (Å²) >= 11 is 0. The standard InChI is InChI=1S/C6H13NO3S/c7-6-4-11(9,10)3-5(6)1-2-8/h5-6,8H,1-4,7H2. The van der Waals surface area contributed by atoms with Crippen molar-refractivity contribution in [2.75, 3.05) is 18.1 Å². The molecule has 0 amide bonds. The Labute approximate surface area is 66.3 Å². The summed E-state index contributed by atoms with van der Waals surface area (Å²) in [6, 6.07) is -0.271. The van der Waals surface area contributed by atoms with Crippen molar-refractivity contribution in [3.8, 4) is 0 Å². The van der Waals surface area contributed by atoms with Crippen LogP contribution in [0.25, 0.3) is 0 Å². The number of rotatable bonds is 2. The van der Waals surface area contributed by atoms with Gasteiger partial charge in [-0.15, -0.1) is 0 Å². The lowest BCUT2D eigenvalue weighted by atomic mass is 10.0. The van der Waals surface area contributed by atoms with Crippen molar-refractivity contribution in [2.24, 2.45) is 11.7 Å². The summed E-state index contributed by atoms with van der Waals surface area (Å²) in [6.07, 6.45) is 0.500. The summed E-state index contributed by atoms with van der Waals surface area (Å²) < 4.78 is 21.9. The minimum atomic E-state index is -2.90. The molecule has 0 spiro atoms. The van der Waals surface area contributed by atoms with Crippen LogP contribution in [0.15, 0.2) is 0 Å². The number of sulfone groups is 1. The van der Waals surface area contributed by atoms with Crippen LogP contribution in [0.5, 0.6) is 0 Å². The molecule has 1 saturated heterocycles. The van der Waals surface area contributed by atoms with E-state index in [-0.39, 0.29) is 30.1 Å². The van der Waals surface area contributed by atoms with E-state index in [9.17, 15) is 8.42 Å². The van der Waals surface area contributed by atoms with Crippen LogP contribution in [0.1, 0.15) is 6.42 Å². The van der Waals surface area contributed by atoms with Crippen molar-refractivity contribution in [1.82, 2.24) is 0 Å². The molecule has 2 unspecified atom stereocenters. The number of nitrogens with two attached hydrogens (primary N) is 1. The largest absolute Gasteiger partial charge is 0.396 e. The quantitative estimate of drug-likeness (QED) is 0.554. The van der Waals surface area contributed by atoms with E-state index >= 15 is 0 Å². The Hall–Kier alpha value is -0.130. The number of hydrogen-bond acceptors (Lipinski definition) is 4. The van der Waals surface area contributed by atoms with E-state index in [1.165, 1.54) is 0 Å². The fourth-order valence-electron chi connectivity index (χ4n) is 1.41. The van der Waals surface area contributed by atoms with Gasteiger partial charge >= 0.3 is 0 Å². The molecule has 1 aliphatic heterocycles. The van der Waals surface area contributed by atoms with Crippen molar-refractivity contribution >= 4 is 9.84 Å². The van der Waals surface area contributed by atoms with Crippen LogP contribution >= 0.6 is 0 Å². The topological polar surface area (TPSA) is 80.4 Å². The Bertz CT molecular complexity index is 224. The summed E-state index contributed by atoms with van der Waals surface area (Å²) in [7, 11) is -2.90. The molecule has 0 saturated carbocycles. The molecule has 1 heterocycles. The molecule has 0 aliphatic carbocycles. The monoisotopic (exact) mass is 179 g/mol. The highest BCUT2D eigenvalue weighted by Crippen LogP contribution is 2.19. The van der Waals surface area contributed by atoms with Gasteiger partial charge in [0.05, 0.1) is 11.5 Å². The third-order valence-electron chi connectivity index (χ3n) is 2.02. The summed E-state index contributed by atoms with van der Waals surface area (Å²) in [6.45, 7) is 0.0217. The van der Waals surface area contributed by atoms with Gasteiger partial charge in [-0.3, -0.25) is 0 Å². The minimum absolute atomic E-state index is 0.0217. The summed E-state index contributed by atoms with van der Waals surface area (Å²) in [5.41, 5.74) is 5.55. The molecule has 2 atom stereocenters. The van der Waals surface area contributed by atoms with Crippen LogP contribution in [0.3, 0.4) is 0 Å². The van der Waals surface area contributed by atoms with Crippen molar-refractivity contribution < 1.29 is 13.5 Å². The molecule has 1 rings (SSSR count). The maximum absolute atomic E-state index is 11.0. The average molecular weight is 179 g/mol. The van der Waals surface area contributed by atoms with Crippen LogP contribution in [-0.2, 0) is 9.84 Å². The van der Waals surface area contributed by atoms with Crippen molar-refractivity contribution in [3.05, 3.63) is 0 Å². The van der Waals surface area contributed by atoms with E-state index in [0.29, 0.717) is 6.42 Å².